The van der Waals surface area contributed by atoms with Crippen molar-refractivity contribution < 1.29 is 13.5 Å². The fraction of sp³-hybridized carbons (Fsp3) is 0.500. The van der Waals surface area contributed by atoms with Gasteiger partial charge in [0.2, 0.25) is 5.95 Å². The molecular formula is C12H14F2N4O. The highest BCUT2D eigenvalue weighted by Gasteiger charge is 2.55. The molecule has 0 amide bonds. The smallest absolute Gasteiger partial charge is 0.283 e. The molecule has 102 valence electrons. The summed E-state index contributed by atoms with van der Waals surface area (Å²) >= 11 is 0. The summed E-state index contributed by atoms with van der Waals surface area (Å²) in [4.78, 5) is 7.59. The fourth-order valence-electron chi connectivity index (χ4n) is 2.85. The summed E-state index contributed by atoms with van der Waals surface area (Å²) < 4.78 is 33.0. The van der Waals surface area contributed by atoms with Gasteiger partial charge in [-0.2, -0.15) is 4.39 Å². The van der Waals surface area contributed by atoms with Crippen LogP contribution >= 0.6 is 0 Å². The van der Waals surface area contributed by atoms with Crippen LogP contribution in [0.4, 0.5) is 14.5 Å². The summed E-state index contributed by atoms with van der Waals surface area (Å²) in [6, 6.07) is 1.26. The summed E-state index contributed by atoms with van der Waals surface area (Å²) in [5, 5.41) is 0. The van der Waals surface area contributed by atoms with E-state index in [0.29, 0.717) is 6.42 Å². The maximum Gasteiger partial charge on any atom is 0.283 e. The average molecular weight is 268 g/mol. The number of nitrogen functional groups attached to an aromatic ring is 1. The van der Waals surface area contributed by atoms with Crippen LogP contribution in [0.5, 0.6) is 0 Å². The standard InChI is InChI=1S/C12H14F2N4O/c13-5-12(8-3-6(15)4-17-10(8)14)7-1-2-9(7)19-11(16)18-12/h3-4,7,9H,1-2,5,15H2,(H2,16,18). The van der Waals surface area contributed by atoms with E-state index in [9.17, 15) is 8.78 Å². The normalized spacial score (nSPS) is 32.8. The minimum Gasteiger partial charge on any atom is -0.462 e. The second-order valence-electron chi connectivity index (χ2n) is 4.96. The molecule has 1 saturated carbocycles. The van der Waals surface area contributed by atoms with Gasteiger partial charge in [0.15, 0.2) is 0 Å². The van der Waals surface area contributed by atoms with Crippen molar-refractivity contribution in [3.8, 4) is 0 Å². The molecule has 0 saturated heterocycles. The number of pyridine rings is 1. The van der Waals surface area contributed by atoms with E-state index in [1.165, 1.54) is 12.3 Å². The summed E-state index contributed by atoms with van der Waals surface area (Å²) in [7, 11) is 0. The molecular weight excluding hydrogens is 254 g/mol. The van der Waals surface area contributed by atoms with E-state index in [4.69, 9.17) is 16.2 Å². The minimum atomic E-state index is -1.36. The molecule has 0 bridgehead atoms. The molecule has 0 spiro atoms. The second kappa shape index (κ2) is 4.04. The van der Waals surface area contributed by atoms with E-state index in [0.717, 1.165) is 6.42 Å². The first-order chi connectivity index (χ1) is 9.06. The van der Waals surface area contributed by atoms with Gasteiger partial charge >= 0.3 is 0 Å². The van der Waals surface area contributed by atoms with Crippen LogP contribution in [0.25, 0.3) is 0 Å². The topological polar surface area (TPSA) is 86.5 Å². The van der Waals surface area contributed by atoms with E-state index in [-0.39, 0.29) is 29.3 Å². The van der Waals surface area contributed by atoms with Gasteiger partial charge in [0.05, 0.1) is 11.9 Å². The van der Waals surface area contributed by atoms with Gasteiger partial charge in [0.1, 0.15) is 18.3 Å². The maximum absolute atomic E-state index is 14.0. The van der Waals surface area contributed by atoms with Gasteiger partial charge < -0.3 is 16.2 Å². The lowest BCUT2D eigenvalue weighted by atomic mass is 9.66. The molecule has 3 atom stereocenters. The molecule has 1 aliphatic carbocycles. The summed E-state index contributed by atoms with van der Waals surface area (Å²) in [6.45, 7) is -0.861. The lowest BCUT2D eigenvalue weighted by Crippen LogP contribution is -2.55. The Labute approximate surface area is 108 Å². The molecule has 1 fully saturated rings. The molecule has 4 N–H and O–H groups in total. The van der Waals surface area contributed by atoms with Gasteiger partial charge in [0.25, 0.3) is 6.02 Å². The number of rotatable bonds is 2. The van der Waals surface area contributed by atoms with Crippen molar-refractivity contribution in [2.24, 2.45) is 16.6 Å². The Bertz CT molecular complexity index is 551. The van der Waals surface area contributed by atoms with Crippen LogP contribution in [0.15, 0.2) is 17.3 Å². The van der Waals surface area contributed by atoms with Crippen LogP contribution < -0.4 is 11.5 Å². The van der Waals surface area contributed by atoms with E-state index in [1.807, 2.05) is 0 Å². The number of hydrogen-bond donors (Lipinski definition) is 2. The number of hydrogen-bond acceptors (Lipinski definition) is 5. The van der Waals surface area contributed by atoms with Crippen LogP contribution in [0, 0.1) is 11.9 Å². The summed E-state index contributed by atoms with van der Waals surface area (Å²) in [5.41, 5.74) is 10.2. The van der Waals surface area contributed by atoms with Crippen molar-refractivity contribution in [3.05, 3.63) is 23.8 Å². The van der Waals surface area contributed by atoms with Crippen LogP contribution in [-0.2, 0) is 10.3 Å². The van der Waals surface area contributed by atoms with E-state index < -0.39 is 18.2 Å². The molecule has 5 nitrogen and oxygen atoms in total. The second-order valence-corrected chi connectivity index (χ2v) is 4.96. The molecule has 2 heterocycles. The fourth-order valence-corrected chi connectivity index (χ4v) is 2.85. The van der Waals surface area contributed by atoms with Crippen molar-refractivity contribution >= 4 is 11.7 Å². The molecule has 0 radical (unpaired) electrons. The van der Waals surface area contributed by atoms with Crippen molar-refractivity contribution in [3.63, 3.8) is 0 Å². The minimum absolute atomic E-state index is 0.0518. The zero-order valence-electron chi connectivity index (χ0n) is 10.1. The Morgan fingerprint density at radius 2 is 2.21 bits per heavy atom. The number of alkyl halides is 1. The van der Waals surface area contributed by atoms with Crippen LogP contribution in [0.2, 0.25) is 0 Å². The van der Waals surface area contributed by atoms with E-state index in [1.54, 1.807) is 0 Å². The monoisotopic (exact) mass is 268 g/mol. The highest BCUT2D eigenvalue weighted by atomic mass is 19.1. The molecule has 0 aromatic carbocycles. The number of amidine groups is 1. The van der Waals surface area contributed by atoms with Crippen LogP contribution in [-0.4, -0.2) is 23.8 Å². The average Bonchev–Trinajstić information content (AvgIpc) is 2.35. The van der Waals surface area contributed by atoms with Crippen LogP contribution in [0.3, 0.4) is 0 Å². The Kier molecular flexibility index (Phi) is 2.58. The molecule has 3 rings (SSSR count). The number of nitrogens with zero attached hydrogens (tertiary/aromatic N) is 2. The molecule has 1 aromatic rings. The molecule has 2 aliphatic rings. The van der Waals surface area contributed by atoms with Gasteiger partial charge in [0, 0.05) is 11.5 Å². The van der Waals surface area contributed by atoms with E-state index in [2.05, 4.69) is 9.98 Å². The SMILES string of the molecule is NC1=NC(CF)(c2cc(N)cnc2F)C2CCC2O1. The van der Waals surface area contributed by atoms with Crippen molar-refractivity contribution in [2.75, 3.05) is 12.4 Å². The third-order valence-corrected chi connectivity index (χ3v) is 3.94. The summed E-state index contributed by atoms with van der Waals surface area (Å²) in [5.74, 6) is -1.00. The Balaban J connectivity index is 2.17. The Hall–Kier alpha value is -1.92. The lowest BCUT2D eigenvalue weighted by molar-refractivity contribution is -0.0435. The van der Waals surface area contributed by atoms with Crippen LogP contribution in [0.1, 0.15) is 18.4 Å². The summed E-state index contributed by atoms with van der Waals surface area (Å²) in [6.07, 6.45) is 2.45. The third kappa shape index (κ3) is 1.64. The van der Waals surface area contributed by atoms with Gasteiger partial charge in [-0.15, -0.1) is 0 Å². The number of aliphatic imine (C=N–C) groups is 1. The van der Waals surface area contributed by atoms with Gasteiger partial charge in [-0.3, -0.25) is 0 Å². The highest BCUT2D eigenvalue weighted by Crippen LogP contribution is 2.50. The third-order valence-electron chi connectivity index (χ3n) is 3.94. The van der Waals surface area contributed by atoms with Crippen molar-refractivity contribution in [1.29, 1.82) is 0 Å². The zero-order chi connectivity index (χ0) is 13.6. The number of anilines is 1. The first-order valence-electron chi connectivity index (χ1n) is 6.06. The van der Waals surface area contributed by atoms with Gasteiger partial charge in [-0.05, 0) is 18.9 Å². The molecule has 7 heteroatoms. The van der Waals surface area contributed by atoms with Crippen molar-refractivity contribution in [2.45, 2.75) is 24.5 Å². The molecule has 3 unspecified atom stereocenters. The first-order valence-corrected chi connectivity index (χ1v) is 6.06. The number of aromatic nitrogens is 1. The zero-order valence-corrected chi connectivity index (χ0v) is 10.1. The molecule has 19 heavy (non-hydrogen) atoms. The first kappa shape index (κ1) is 12.1. The number of nitrogens with two attached hydrogens (primary N) is 2. The molecule has 1 aromatic heterocycles. The Morgan fingerprint density at radius 1 is 1.42 bits per heavy atom. The van der Waals surface area contributed by atoms with Crippen molar-refractivity contribution in [1.82, 2.24) is 4.98 Å². The van der Waals surface area contributed by atoms with E-state index >= 15 is 0 Å². The Morgan fingerprint density at radius 3 is 2.84 bits per heavy atom. The maximum atomic E-state index is 14.0. The quantitative estimate of drug-likeness (QED) is 0.786. The number of fused-ring (bicyclic) bond motifs is 1. The largest absolute Gasteiger partial charge is 0.462 e. The molecule has 1 aliphatic heterocycles. The lowest BCUT2D eigenvalue weighted by Gasteiger charge is -2.49. The van der Waals surface area contributed by atoms with Gasteiger partial charge in [-0.1, -0.05) is 0 Å². The highest BCUT2D eigenvalue weighted by molar-refractivity contribution is 5.73. The predicted octanol–water partition coefficient (Wildman–Crippen LogP) is 1.09. The number of halogens is 2. The predicted molar refractivity (Wildman–Crippen MR) is 65.5 cm³/mol. The number of ether oxygens (including phenoxy) is 1. The van der Waals surface area contributed by atoms with Gasteiger partial charge in [-0.25, -0.2) is 14.4 Å².